The van der Waals surface area contributed by atoms with Crippen molar-refractivity contribution >= 4 is 17.3 Å². The van der Waals surface area contributed by atoms with E-state index in [1.165, 1.54) is 12.0 Å². The maximum Gasteiger partial charge on any atom is 0.325 e. The van der Waals surface area contributed by atoms with Gasteiger partial charge in [-0.3, -0.25) is 10.1 Å². The fraction of sp³-hybridized carbons (Fsp3) is 0.643. The van der Waals surface area contributed by atoms with Crippen molar-refractivity contribution in [1.82, 2.24) is 5.32 Å². The van der Waals surface area contributed by atoms with Crippen LogP contribution < -0.4 is 5.32 Å². The highest BCUT2D eigenvalue weighted by molar-refractivity contribution is 7.09. The van der Waals surface area contributed by atoms with Crippen LogP contribution in [0.4, 0.5) is 0 Å². The van der Waals surface area contributed by atoms with E-state index in [0.29, 0.717) is 0 Å². The lowest BCUT2D eigenvalue weighted by molar-refractivity contribution is -0.148. The van der Waals surface area contributed by atoms with E-state index in [9.17, 15) is 4.79 Å². The Labute approximate surface area is 114 Å². The second-order valence-corrected chi connectivity index (χ2v) is 5.75. The maximum absolute atomic E-state index is 11.9. The fourth-order valence-corrected chi connectivity index (χ4v) is 2.56. The molecule has 0 saturated heterocycles. The van der Waals surface area contributed by atoms with Gasteiger partial charge in [0.2, 0.25) is 0 Å². The minimum Gasteiger partial charge on any atom is -0.468 e. The number of unbranched alkanes of at least 4 members (excludes halogenated alkanes) is 2. The molecule has 0 radical (unpaired) electrons. The first kappa shape index (κ1) is 15.2. The molecule has 0 aliphatic carbocycles. The molecule has 0 amide bonds. The van der Waals surface area contributed by atoms with Crippen molar-refractivity contribution in [3.05, 3.63) is 22.4 Å². The third-order valence-corrected chi connectivity index (χ3v) is 4.03. The van der Waals surface area contributed by atoms with E-state index < -0.39 is 5.54 Å². The second kappa shape index (κ2) is 7.54. The number of esters is 1. The van der Waals surface area contributed by atoms with E-state index in [4.69, 9.17) is 4.74 Å². The maximum atomic E-state index is 11.9. The van der Waals surface area contributed by atoms with Crippen molar-refractivity contribution in [2.75, 3.05) is 7.11 Å². The van der Waals surface area contributed by atoms with Crippen LogP contribution in [0.5, 0.6) is 0 Å². The van der Waals surface area contributed by atoms with Crippen LogP contribution in [-0.4, -0.2) is 18.6 Å². The molecule has 0 saturated carbocycles. The Balaban J connectivity index is 2.56. The molecule has 4 heteroatoms. The first-order valence-corrected chi connectivity index (χ1v) is 7.36. The van der Waals surface area contributed by atoms with E-state index >= 15 is 0 Å². The third-order valence-electron chi connectivity index (χ3n) is 3.15. The fourth-order valence-electron chi connectivity index (χ4n) is 1.91. The summed E-state index contributed by atoms with van der Waals surface area (Å²) >= 11 is 1.70. The molecule has 0 fully saturated rings. The summed E-state index contributed by atoms with van der Waals surface area (Å²) in [7, 11) is 1.45. The molecule has 1 aromatic heterocycles. The SMILES string of the molecule is CCCCCC(C)(NCc1cccs1)C(=O)OC. The van der Waals surface area contributed by atoms with Crippen LogP contribution in [0.25, 0.3) is 0 Å². The minimum atomic E-state index is -0.575. The third kappa shape index (κ3) is 4.42. The zero-order chi connectivity index (χ0) is 13.4. The highest BCUT2D eigenvalue weighted by atomic mass is 32.1. The van der Waals surface area contributed by atoms with Crippen LogP contribution in [0.2, 0.25) is 0 Å². The number of thiophene rings is 1. The summed E-state index contributed by atoms with van der Waals surface area (Å²) in [6.45, 7) is 4.81. The molecule has 1 atom stereocenters. The van der Waals surface area contributed by atoms with E-state index in [0.717, 1.165) is 32.2 Å². The van der Waals surface area contributed by atoms with Crippen LogP contribution in [0, 0.1) is 0 Å². The first-order valence-electron chi connectivity index (χ1n) is 6.48. The predicted molar refractivity (Wildman–Crippen MR) is 75.7 cm³/mol. The molecule has 0 spiro atoms. The van der Waals surface area contributed by atoms with Gasteiger partial charge >= 0.3 is 5.97 Å². The van der Waals surface area contributed by atoms with Crippen LogP contribution in [0.1, 0.15) is 44.4 Å². The summed E-state index contributed by atoms with van der Waals surface area (Å²) in [5.74, 6) is -0.171. The Morgan fingerprint density at radius 1 is 1.50 bits per heavy atom. The predicted octanol–water partition coefficient (Wildman–Crippen LogP) is 3.35. The summed E-state index contributed by atoms with van der Waals surface area (Å²) in [4.78, 5) is 13.1. The van der Waals surface area contributed by atoms with E-state index in [2.05, 4.69) is 18.3 Å². The lowest BCUT2D eigenvalue weighted by atomic mass is 9.94. The van der Waals surface area contributed by atoms with Crippen molar-refractivity contribution in [2.45, 2.75) is 51.6 Å². The Bertz CT molecular complexity index is 351. The van der Waals surface area contributed by atoms with Gasteiger partial charge < -0.3 is 4.74 Å². The average molecular weight is 269 g/mol. The average Bonchev–Trinajstić information content (AvgIpc) is 2.89. The van der Waals surface area contributed by atoms with Gasteiger partial charge in [0, 0.05) is 11.4 Å². The quantitative estimate of drug-likeness (QED) is 0.581. The molecule has 3 nitrogen and oxygen atoms in total. The molecule has 1 heterocycles. The van der Waals surface area contributed by atoms with Gasteiger partial charge in [-0.1, -0.05) is 32.3 Å². The number of nitrogens with one attached hydrogen (secondary N) is 1. The zero-order valence-corrected chi connectivity index (χ0v) is 12.3. The highest BCUT2D eigenvalue weighted by Gasteiger charge is 2.33. The van der Waals surface area contributed by atoms with Gasteiger partial charge in [0.15, 0.2) is 0 Å². The second-order valence-electron chi connectivity index (χ2n) is 4.71. The number of methoxy groups -OCH3 is 1. The van der Waals surface area contributed by atoms with Crippen molar-refractivity contribution in [2.24, 2.45) is 0 Å². The lowest BCUT2D eigenvalue weighted by Gasteiger charge is -2.28. The van der Waals surface area contributed by atoms with Crippen LogP contribution >= 0.6 is 11.3 Å². The number of carbonyl (C=O) groups is 1. The minimum absolute atomic E-state index is 0.171. The normalized spacial score (nSPS) is 14.2. The van der Waals surface area contributed by atoms with Gasteiger partial charge in [0.05, 0.1) is 7.11 Å². The van der Waals surface area contributed by atoms with E-state index in [1.807, 2.05) is 18.4 Å². The van der Waals surface area contributed by atoms with Gasteiger partial charge in [-0.2, -0.15) is 0 Å². The van der Waals surface area contributed by atoms with Gasteiger partial charge in [0.25, 0.3) is 0 Å². The van der Waals surface area contributed by atoms with Gasteiger partial charge in [-0.15, -0.1) is 11.3 Å². The Hall–Kier alpha value is -0.870. The molecular formula is C14H23NO2S. The highest BCUT2D eigenvalue weighted by Crippen LogP contribution is 2.18. The topological polar surface area (TPSA) is 38.3 Å². The van der Waals surface area contributed by atoms with Gasteiger partial charge in [0.1, 0.15) is 5.54 Å². The van der Waals surface area contributed by atoms with Crippen molar-refractivity contribution < 1.29 is 9.53 Å². The molecule has 1 unspecified atom stereocenters. The lowest BCUT2D eigenvalue weighted by Crippen LogP contribution is -2.49. The standard InChI is InChI=1S/C14H23NO2S/c1-4-5-6-9-14(2,13(16)17-3)15-11-12-8-7-10-18-12/h7-8,10,15H,4-6,9,11H2,1-3H3. The number of rotatable bonds is 8. The Morgan fingerprint density at radius 2 is 2.28 bits per heavy atom. The molecule has 102 valence electrons. The molecule has 1 rings (SSSR count). The summed E-state index contributed by atoms with van der Waals surface area (Å²) in [5, 5.41) is 5.39. The molecular weight excluding hydrogens is 246 g/mol. The summed E-state index contributed by atoms with van der Waals surface area (Å²) in [5.41, 5.74) is -0.575. The Morgan fingerprint density at radius 3 is 2.83 bits per heavy atom. The number of carbonyl (C=O) groups excluding carboxylic acids is 1. The first-order chi connectivity index (χ1) is 8.62. The number of ether oxygens (including phenoxy) is 1. The molecule has 18 heavy (non-hydrogen) atoms. The van der Waals surface area contributed by atoms with Crippen molar-refractivity contribution in [3.8, 4) is 0 Å². The zero-order valence-electron chi connectivity index (χ0n) is 11.5. The molecule has 0 aliphatic rings. The molecule has 0 aliphatic heterocycles. The number of hydrogen-bond acceptors (Lipinski definition) is 4. The molecule has 0 aromatic carbocycles. The van der Waals surface area contributed by atoms with Crippen LogP contribution in [0.3, 0.4) is 0 Å². The summed E-state index contributed by atoms with van der Waals surface area (Å²) < 4.78 is 4.92. The largest absolute Gasteiger partial charge is 0.468 e. The van der Waals surface area contributed by atoms with Gasteiger partial charge in [-0.25, -0.2) is 0 Å². The summed E-state index contributed by atoms with van der Waals surface area (Å²) in [6.07, 6.45) is 4.16. The molecule has 1 aromatic rings. The van der Waals surface area contributed by atoms with E-state index in [1.54, 1.807) is 11.3 Å². The molecule has 1 N–H and O–H groups in total. The van der Waals surface area contributed by atoms with Crippen LogP contribution in [-0.2, 0) is 16.1 Å². The van der Waals surface area contributed by atoms with E-state index in [-0.39, 0.29) is 5.97 Å². The summed E-state index contributed by atoms with van der Waals surface area (Å²) in [6, 6.07) is 4.09. The van der Waals surface area contributed by atoms with Crippen LogP contribution in [0.15, 0.2) is 17.5 Å². The Kier molecular flexibility index (Phi) is 6.36. The smallest absolute Gasteiger partial charge is 0.325 e. The molecule has 0 bridgehead atoms. The van der Waals surface area contributed by atoms with Gasteiger partial charge in [-0.05, 0) is 24.8 Å². The van der Waals surface area contributed by atoms with Crippen molar-refractivity contribution in [1.29, 1.82) is 0 Å². The van der Waals surface area contributed by atoms with Crippen molar-refractivity contribution in [3.63, 3.8) is 0 Å². The number of hydrogen-bond donors (Lipinski definition) is 1. The monoisotopic (exact) mass is 269 g/mol.